The Kier molecular flexibility index (Phi) is 4.50. The first-order chi connectivity index (χ1) is 7.85. The Bertz CT molecular complexity index is 403. The number of amides is 1. The van der Waals surface area contributed by atoms with Gasteiger partial charge in [-0.15, -0.1) is 0 Å². The van der Waals surface area contributed by atoms with Gasteiger partial charge in [-0.3, -0.25) is 4.79 Å². The Morgan fingerprint density at radius 1 is 1.47 bits per heavy atom. The summed E-state index contributed by atoms with van der Waals surface area (Å²) in [6, 6.07) is -0.921. The highest BCUT2D eigenvalue weighted by atomic mass is 32.2. The van der Waals surface area contributed by atoms with Gasteiger partial charge in [0.15, 0.2) is 9.84 Å². The zero-order valence-corrected chi connectivity index (χ0v) is 10.5. The van der Waals surface area contributed by atoms with Crippen LogP contribution in [0.25, 0.3) is 0 Å². The molecule has 1 aliphatic heterocycles. The maximum absolute atomic E-state index is 11.7. The fourth-order valence-corrected chi connectivity index (χ4v) is 3.58. The van der Waals surface area contributed by atoms with Crippen molar-refractivity contribution in [3.05, 3.63) is 0 Å². The molecule has 2 atom stereocenters. The largest absolute Gasteiger partial charge is 0.480 e. The van der Waals surface area contributed by atoms with Gasteiger partial charge >= 0.3 is 5.97 Å². The van der Waals surface area contributed by atoms with Gasteiger partial charge in [0, 0.05) is 0 Å². The lowest BCUT2D eigenvalue weighted by molar-refractivity contribution is -0.142. The number of carboxylic acid groups (broad SMARTS) is 1. The van der Waals surface area contributed by atoms with Crippen molar-refractivity contribution in [2.45, 2.75) is 32.2 Å². The van der Waals surface area contributed by atoms with E-state index < -0.39 is 33.7 Å². The van der Waals surface area contributed by atoms with Crippen molar-refractivity contribution in [1.82, 2.24) is 5.32 Å². The van der Waals surface area contributed by atoms with E-state index in [9.17, 15) is 18.0 Å². The normalized spacial score (nSPS) is 24.2. The van der Waals surface area contributed by atoms with Crippen LogP contribution >= 0.6 is 0 Å². The number of sulfone groups is 1. The molecule has 0 aliphatic carbocycles. The number of carboxylic acids is 1. The number of carbonyl (C=O) groups excluding carboxylic acids is 1. The Labute approximate surface area is 100 Å². The summed E-state index contributed by atoms with van der Waals surface area (Å²) in [5.41, 5.74) is 0. The van der Waals surface area contributed by atoms with E-state index in [0.717, 1.165) is 0 Å². The first-order valence-electron chi connectivity index (χ1n) is 5.59. The van der Waals surface area contributed by atoms with Crippen molar-refractivity contribution in [2.24, 2.45) is 5.92 Å². The minimum Gasteiger partial charge on any atom is -0.480 e. The number of nitrogens with one attached hydrogen (secondary N) is 1. The van der Waals surface area contributed by atoms with Gasteiger partial charge in [-0.05, 0) is 12.8 Å². The minimum atomic E-state index is -3.12. The molecule has 2 N–H and O–H groups in total. The summed E-state index contributed by atoms with van der Waals surface area (Å²) in [5.74, 6) is -2.31. The van der Waals surface area contributed by atoms with Crippen LogP contribution in [0.1, 0.15) is 26.2 Å². The second kappa shape index (κ2) is 5.48. The van der Waals surface area contributed by atoms with Crippen LogP contribution in [0.2, 0.25) is 0 Å². The second-order valence-electron chi connectivity index (χ2n) is 4.29. The highest BCUT2D eigenvalue weighted by Crippen LogP contribution is 2.18. The van der Waals surface area contributed by atoms with Crippen LogP contribution in [-0.2, 0) is 19.4 Å². The van der Waals surface area contributed by atoms with Gasteiger partial charge in [0.05, 0.1) is 17.4 Å². The first-order valence-corrected chi connectivity index (χ1v) is 7.41. The number of aliphatic carboxylic acids is 1. The van der Waals surface area contributed by atoms with Crippen molar-refractivity contribution in [1.29, 1.82) is 0 Å². The molecule has 1 saturated heterocycles. The summed E-state index contributed by atoms with van der Waals surface area (Å²) in [6.45, 7) is 1.82. The molecule has 0 aromatic rings. The Balaban J connectivity index is 2.56. The molecule has 0 aromatic carbocycles. The standard InChI is InChI=1S/C10H17NO5S/c1-2-3-8(10(13)14)11-9(12)7-4-5-17(15,16)6-7/h7-8H,2-6H2,1H3,(H,11,12)(H,13,14)/t7?,8-/m0/s1. The number of hydrogen-bond acceptors (Lipinski definition) is 4. The summed E-state index contributed by atoms with van der Waals surface area (Å²) >= 11 is 0. The lowest BCUT2D eigenvalue weighted by Crippen LogP contribution is -2.43. The lowest BCUT2D eigenvalue weighted by Gasteiger charge is -2.15. The molecule has 0 radical (unpaired) electrons. The Morgan fingerprint density at radius 3 is 2.53 bits per heavy atom. The van der Waals surface area contributed by atoms with E-state index in [0.29, 0.717) is 12.8 Å². The van der Waals surface area contributed by atoms with E-state index in [1.54, 1.807) is 0 Å². The summed E-state index contributed by atoms with van der Waals surface area (Å²) in [5, 5.41) is 11.3. The quantitative estimate of drug-likeness (QED) is 0.715. The van der Waals surface area contributed by atoms with Crippen LogP contribution in [0, 0.1) is 5.92 Å². The van der Waals surface area contributed by atoms with Crippen molar-refractivity contribution in [2.75, 3.05) is 11.5 Å². The molecule has 17 heavy (non-hydrogen) atoms. The third-order valence-electron chi connectivity index (χ3n) is 2.80. The maximum atomic E-state index is 11.7. The third kappa shape index (κ3) is 3.99. The van der Waals surface area contributed by atoms with Gasteiger partial charge in [-0.1, -0.05) is 13.3 Å². The SMILES string of the molecule is CCC[C@H](NC(=O)C1CCS(=O)(=O)C1)C(=O)O. The van der Waals surface area contributed by atoms with E-state index in [-0.39, 0.29) is 17.9 Å². The highest BCUT2D eigenvalue weighted by Gasteiger charge is 2.34. The fourth-order valence-electron chi connectivity index (χ4n) is 1.84. The molecule has 1 unspecified atom stereocenters. The summed E-state index contributed by atoms with van der Waals surface area (Å²) in [4.78, 5) is 22.5. The number of rotatable bonds is 5. The van der Waals surface area contributed by atoms with E-state index in [1.807, 2.05) is 6.92 Å². The average molecular weight is 263 g/mol. The van der Waals surface area contributed by atoms with Gasteiger partial charge in [-0.2, -0.15) is 0 Å². The topological polar surface area (TPSA) is 101 Å². The second-order valence-corrected chi connectivity index (χ2v) is 6.52. The molecule has 0 spiro atoms. The van der Waals surface area contributed by atoms with Crippen molar-refractivity contribution < 1.29 is 23.1 Å². The van der Waals surface area contributed by atoms with E-state index in [2.05, 4.69) is 5.32 Å². The molecule has 1 fully saturated rings. The average Bonchev–Trinajstić information content (AvgIpc) is 2.58. The molecule has 98 valence electrons. The molecule has 7 heteroatoms. The van der Waals surface area contributed by atoms with Crippen LogP contribution in [-0.4, -0.2) is 42.9 Å². The monoisotopic (exact) mass is 263 g/mol. The molecule has 0 saturated carbocycles. The van der Waals surface area contributed by atoms with Gasteiger partial charge in [0.2, 0.25) is 5.91 Å². The van der Waals surface area contributed by atoms with Gasteiger partial charge in [0.1, 0.15) is 6.04 Å². The number of carbonyl (C=O) groups is 2. The van der Waals surface area contributed by atoms with Crippen molar-refractivity contribution in [3.8, 4) is 0 Å². The first kappa shape index (κ1) is 14.0. The lowest BCUT2D eigenvalue weighted by atomic mass is 10.1. The van der Waals surface area contributed by atoms with E-state index >= 15 is 0 Å². The van der Waals surface area contributed by atoms with Gasteiger partial charge < -0.3 is 10.4 Å². The molecule has 1 amide bonds. The minimum absolute atomic E-state index is 0.0105. The van der Waals surface area contributed by atoms with Crippen molar-refractivity contribution in [3.63, 3.8) is 0 Å². The smallest absolute Gasteiger partial charge is 0.326 e. The molecular formula is C10H17NO5S. The van der Waals surface area contributed by atoms with Crippen LogP contribution in [0.5, 0.6) is 0 Å². The molecule has 1 aliphatic rings. The molecule has 0 bridgehead atoms. The molecule has 0 aromatic heterocycles. The van der Waals surface area contributed by atoms with Gasteiger partial charge in [0.25, 0.3) is 0 Å². The fraction of sp³-hybridized carbons (Fsp3) is 0.800. The zero-order chi connectivity index (χ0) is 13.1. The summed E-state index contributed by atoms with van der Waals surface area (Å²) < 4.78 is 22.4. The van der Waals surface area contributed by atoms with Crippen LogP contribution in [0.15, 0.2) is 0 Å². The van der Waals surface area contributed by atoms with Crippen LogP contribution < -0.4 is 5.32 Å². The van der Waals surface area contributed by atoms with Crippen LogP contribution in [0.3, 0.4) is 0 Å². The van der Waals surface area contributed by atoms with Gasteiger partial charge in [-0.25, -0.2) is 13.2 Å². The molecule has 1 heterocycles. The molecule has 6 nitrogen and oxygen atoms in total. The Hall–Kier alpha value is -1.11. The zero-order valence-electron chi connectivity index (χ0n) is 9.68. The summed E-state index contributed by atoms with van der Waals surface area (Å²) in [7, 11) is -3.12. The van der Waals surface area contributed by atoms with E-state index in [4.69, 9.17) is 5.11 Å². The highest BCUT2D eigenvalue weighted by molar-refractivity contribution is 7.91. The summed E-state index contributed by atoms with van der Waals surface area (Å²) in [6.07, 6.45) is 1.27. The van der Waals surface area contributed by atoms with E-state index in [1.165, 1.54) is 0 Å². The Morgan fingerprint density at radius 2 is 2.12 bits per heavy atom. The van der Waals surface area contributed by atoms with Crippen LogP contribution in [0.4, 0.5) is 0 Å². The third-order valence-corrected chi connectivity index (χ3v) is 4.56. The molecule has 1 rings (SSSR count). The predicted molar refractivity (Wildman–Crippen MR) is 61.2 cm³/mol. The maximum Gasteiger partial charge on any atom is 0.326 e. The predicted octanol–water partition coefficient (Wildman–Crippen LogP) is -0.209. The van der Waals surface area contributed by atoms with Crippen molar-refractivity contribution >= 4 is 21.7 Å². The molecular weight excluding hydrogens is 246 g/mol. The number of hydrogen-bond donors (Lipinski definition) is 2.